The van der Waals surface area contributed by atoms with Gasteiger partial charge >= 0.3 is 5.97 Å². The summed E-state index contributed by atoms with van der Waals surface area (Å²) in [6.45, 7) is 4.81. The van der Waals surface area contributed by atoms with Crippen LogP contribution >= 0.6 is 23.4 Å². The number of hydrogen-bond donors (Lipinski definition) is 1. The monoisotopic (exact) mass is 579 g/mol. The number of carbonyl (C=O) groups excluding carboxylic acids is 3. The molecule has 1 N–H and O–H groups in total. The highest BCUT2D eigenvalue weighted by molar-refractivity contribution is 8.15. The predicted molar refractivity (Wildman–Crippen MR) is 159 cm³/mol. The summed E-state index contributed by atoms with van der Waals surface area (Å²) in [7, 11) is 0. The first-order chi connectivity index (χ1) is 19.4. The molecule has 208 valence electrons. The molecule has 1 aliphatic heterocycles. The van der Waals surface area contributed by atoms with Crippen LogP contribution in [-0.2, 0) is 20.7 Å². The second-order valence-corrected chi connectivity index (χ2v) is 10.5. The molecule has 10 heteroatoms. The van der Waals surface area contributed by atoms with Gasteiger partial charge in [-0.2, -0.15) is 0 Å². The number of nitrogens with one attached hydrogen (secondary N) is 1. The minimum atomic E-state index is -0.674. The molecule has 0 saturated carbocycles. The highest BCUT2D eigenvalue weighted by atomic mass is 35.5. The molecule has 0 spiro atoms. The van der Waals surface area contributed by atoms with Crippen LogP contribution in [0.4, 0.5) is 11.4 Å². The summed E-state index contributed by atoms with van der Waals surface area (Å²) in [5.74, 6) is -0.263. The van der Waals surface area contributed by atoms with Crippen LogP contribution in [0, 0.1) is 0 Å². The fourth-order valence-electron chi connectivity index (χ4n) is 4.00. The number of ether oxygens (including phenoxy) is 2. The molecule has 0 bridgehead atoms. The van der Waals surface area contributed by atoms with Crippen molar-refractivity contribution in [3.63, 3.8) is 0 Å². The normalized spacial score (nSPS) is 16.1. The molecule has 40 heavy (non-hydrogen) atoms. The number of aliphatic imine (C=N–C) groups is 1. The van der Waals surface area contributed by atoms with Gasteiger partial charge in [-0.3, -0.25) is 14.5 Å². The number of hydrogen-bond acceptors (Lipinski definition) is 7. The zero-order valence-electron chi connectivity index (χ0n) is 22.3. The van der Waals surface area contributed by atoms with Crippen LogP contribution < -0.4 is 10.1 Å². The van der Waals surface area contributed by atoms with Crippen LogP contribution in [0.5, 0.6) is 5.75 Å². The Morgan fingerprint density at radius 2 is 1.80 bits per heavy atom. The zero-order valence-corrected chi connectivity index (χ0v) is 23.8. The quantitative estimate of drug-likeness (QED) is 0.291. The fourth-order valence-corrected chi connectivity index (χ4v) is 5.25. The number of rotatable bonds is 10. The molecule has 0 aliphatic carbocycles. The van der Waals surface area contributed by atoms with E-state index < -0.39 is 11.2 Å². The lowest BCUT2D eigenvalue weighted by molar-refractivity contribution is -0.129. The first-order valence-electron chi connectivity index (χ1n) is 13.0. The second-order valence-electron chi connectivity index (χ2n) is 8.84. The molecule has 1 atom stereocenters. The summed E-state index contributed by atoms with van der Waals surface area (Å²) in [4.78, 5) is 44.9. The fraction of sp³-hybridized carbons (Fsp3) is 0.267. The van der Waals surface area contributed by atoms with Gasteiger partial charge in [0.2, 0.25) is 11.8 Å². The smallest absolute Gasteiger partial charge is 0.338 e. The summed E-state index contributed by atoms with van der Waals surface area (Å²) in [5, 5.41) is 3.28. The van der Waals surface area contributed by atoms with Crippen molar-refractivity contribution in [1.82, 2.24) is 4.90 Å². The van der Waals surface area contributed by atoms with Crippen molar-refractivity contribution >= 4 is 57.7 Å². The molecule has 1 heterocycles. The maximum atomic E-state index is 13.3. The van der Waals surface area contributed by atoms with Crippen molar-refractivity contribution in [2.24, 2.45) is 4.99 Å². The molecule has 1 aliphatic rings. The molecular weight excluding hydrogens is 550 g/mol. The summed E-state index contributed by atoms with van der Waals surface area (Å²) in [6.07, 6.45) is 0.619. The number of amides is 2. The van der Waals surface area contributed by atoms with Crippen LogP contribution in [0.3, 0.4) is 0 Å². The van der Waals surface area contributed by atoms with Gasteiger partial charge in [0.05, 0.1) is 24.5 Å². The van der Waals surface area contributed by atoms with E-state index in [4.69, 9.17) is 26.1 Å². The largest absolute Gasteiger partial charge is 0.494 e. The summed E-state index contributed by atoms with van der Waals surface area (Å²) < 4.78 is 10.6. The molecule has 2 amide bonds. The highest BCUT2D eigenvalue weighted by Crippen LogP contribution is 2.31. The van der Waals surface area contributed by atoms with Crippen LogP contribution in [0.2, 0.25) is 5.02 Å². The SMILES string of the molecule is CCOC(=O)c1ccc(N=C2S[C@@H](C(=O)Nc3cccc(OCC)c3)CC(=O)N2CCc2ccc(Cl)cc2)cc1. The van der Waals surface area contributed by atoms with Crippen molar-refractivity contribution < 1.29 is 23.9 Å². The van der Waals surface area contributed by atoms with Crippen LogP contribution in [0.1, 0.15) is 36.2 Å². The Morgan fingerprint density at radius 1 is 1.05 bits per heavy atom. The average Bonchev–Trinajstić information content (AvgIpc) is 2.94. The predicted octanol–water partition coefficient (Wildman–Crippen LogP) is 6.12. The molecule has 4 rings (SSSR count). The molecule has 8 nitrogen and oxygen atoms in total. The number of halogens is 1. The third kappa shape index (κ3) is 7.86. The van der Waals surface area contributed by atoms with Crippen molar-refractivity contribution in [3.8, 4) is 5.75 Å². The lowest BCUT2D eigenvalue weighted by Gasteiger charge is -2.32. The Morgan fingerprint density at radius 3 is 2.50 bits per heavy atom. The van der Waals surface area contributed by atoms with E-state index in [1.807, 2.05) is 37.3 Å². The third-order valence-electron chi connectivity index (χ3n) is 5.99. The number of thioether (sulfide) groups is 1. The van der Waals surface area contributed by atoms with Gasteiger partial charge in [0.1, 0.15) is 11.0 Å². The van der Waals surface area contributed by atoms with Gasteiger partial charge in [-0.15, -0.1) is 0 Å². The number of benzene rings is 3. The number of anilines is 1. The average molecular weight is 580 g/mol. The molecule has 3 aromatic carbocycles. The molecule has 0 unspecified atom stereocenters. The topological polar surface area (TPSA) is 97.3 Å². The molecule has 1 saturated heterocycles. The Labute approximate surface area is 242 Å². The first kappa shape index (κ1) is 29.2. The van der Waals surface area contributed by atoms with E-state index in [2.05, 4.69) is 5.32 Å². The van der Waals surface area contributed by atoms with E-state index in [0.29, 0.717) is 52.5 Å². The van der Waals surface area contributed by atoms with Crippen molar-refractivity contribution in [1.29, 1.82) is 0 Å². The van der Waals surface area contributed by atoms with Gasteiger partial charge in [0.25, 0.3) is 0 Å². The van der Waals surface area contributed by atoms with Gasteiger partial charge < -0.3 is 14.8 Å². The Hall–Kier alpha value is -3.82. The number of amidine groups is 1. The van der Waals surface area contributed by atoms with Gasteiger partial charge in [-0.1, -0.05) is 41.6 Å². The van der Waals surface area contributed by atoms with Gasteiger partial charge in [0.15, 0.2) is 5.17 Å². The minimum absolute atomic E-state index is 0.0308. The molecular formula is C30H30ClN3O5S. The Bertz CT molecular complexity index is 1380. The molecule has 0 aromatic heterocycles. The van der Waals surface area contributed by atoms with Gasteiger partial charge in [-0.25, -0.2) is 9.79 Å². The summed E-state index contributed by atoms with van der Waals surface area (Å²) >= 11 is 7.25. The number of esters is 1. The van der Waals surface area contributed by atoms with E-state index in [9.17, 15) is 14.4 Å². The van der Waals surface area contributed by atoms with E-state index >= 15 is 0 Å². The molecule has 3 aromatic rings. The van der Waals surface area contributed by atoms with Gasteiger partial charge in [0, 0.05) is 29.7 Å². The van der Waals surface area contributed by atoms with Crippen molar-refractivity contribution in [3.05, 3.63) is 88.9 Å². The Balaban J connectivity index is 1.55. The van der Waals surface area contributed by atoms with Crippen LogP contribution in [-0.4, -0.2) is 52.9 Å². The minimum Gasteiger partial charge on any atom is -0.494 e. The van der Waals surface area contributed by atoms with Crippen LogP contribution in [0.25, 0.3) is 0 Å². The van der Waals surface area contributed by atoms with E-state index in [1.165, 1.54) is 11.8 Å². The number of carbonyl (C=O) groups is 3. The summed E-state index contributed by atoms with van der Waals surface area (Å²) in [6, 6.07) is 21.2. The van der Waals surface area contributed by atoms with E-state index in [0.717, 1.165) is 5.56 Å². The maximum Gasteiger partial charge on any atom is 0.338 e. The maximum absolute atomic E-state index is 13.3. The lowest BCUT2D eigenvalue weighted by Crippen LogP contribution is -2.46. The van der Waals surface area contributed by atoms with E-state index in [-0.39, 0.29) is 24.8 Å². The first-order valence-corrected chi connectivity index (χ1v) is 14.2. The zero-order chi connectivity index (χ0) is 28.5. The molecule has 1 fully saturated rings. The van der Waals surface area contributed by atoms with E-state index in [1.54, 1.807) is 54.3 Å². The van der Waals surface area contributed by atoms with Crippen molar-refractivity contribution in [2.75, 3.05) is 25.1 Å². The van der Waals surface area contributed by atoms with Gasteiger partial charge in [-0.05, 0) is 74.4 Å². The number of nitrogens with zero attached hydrogens (tertiary/aromatic N) is 2. The molecule has 0 radical (unpaired) electrons. The second kappa shape index (κ2) is 14.0. The standard InChI is InChI=1S/C30H30ClN3O5S/c1-3-38-25-7-5-6-24(18-25)32-28(36)26-19-27(35)34(17-16-20-8-12-22(31)13-9-20)30(40-26)33-23-14-10-21(11-15-23)29(37)39-4-2/h5-15,18,26H,3-4,16-17,19H2,1-2H3,(H,32,36)/t26-/m1/s1. The Kier molecular flexibility index (Phi) is 10.2. The highest BCUT2D eigenvalue weighted by Gasteiger charge is 2.36. The van der Waals surface area contributed by atoms with Crippen molar-refractivity contribution in [2.45, 2.75) is 31.9 Å². The summed E-state index contributed by atoms with van der Waals surface area (Å²) in [5.41, 5.74) is 2.56. The van der Waals surface area contributed by atoms with Crippen LogP contribution in [0.15, 0.2) is 77.8 Å². The third-order valence-corrected chi connectivity index (χ3v) is 7.42. The lowest BCUT2D eigenvalue weighted by atomic mass is 10.1.